The molecule has 0 N–H and O–H groups in total. The van der Waals surface area contributed by atoms with Gasteiger partial charge < -0.3 is 0 Å². The maximum Gasteiger partial charge on any atom is 0.0687 e. The molecule has 0 aromatic heterocycles. The van der Waals surface area contributed by atoms with E-state index in [9.17, 15) is 0 Å². The Kier molecular flexibility index (Phi) is 3.15. The predicted octanol–water partition coefficient (Wildman–Crippen LogP) is 3.54. The van der Waals surface area contributed by atoms with Gasteiger partial charge in [-0.15, -0.1) is 11.8 Å². The summed E-state index contributed by atoms with van der Waals surface area (Å²) in [5.41, 5.74) is 1.57. The first kappa shape index (κ1) is 10.7. The van der Waals surface area contributed by atoms with Gasteiger partial charge in [0.05, 0.1) is 10.6 Å². The summed E-state index contributed by atoms with van der Waals surface area (Å²) in [6.07, 6.45) is 2.21. The summed E-state index contributed by atoms with van der Waals surface area (Å²) in [6.45, 7) is 4.41. The van der Waals surface area contributed by atoms with Crippen molar-refractivity contribution in [3.05, 3.63) is 35.9 Å². The molecule has 2 rings (SSSR count). The van der Waals surface area contributed by atoms with Crippen LogP contribution in [0.3, 0.4) is 0 Å². The summed E-state index contributed by atoms with van der Waals surface area (Å²) in [4.78, 5) is 4.72. The van der Waals surface area contributed by atoms with Gasteiger partial charge in [-0.25, -0.2) is 0 Å². The van der Waals surface area contributed by atoms with Crippen LogP contribution >= 0.6 is 11.8 Å². The molecule has 1 aliphatic rings. The fourth-order valence-corrected chi connectivity index (χ4v) is 2.83. The van der Waals surface area contributed by atoms with Crippen LogP contribution in [0.5, 0.6) is 0 Å². The zero-order valence-electron chi connectivity index (χ0n) is 9.36. The Morgan fingerprint density at radius 2 is 1.93 bits per heavy atom. The Morgan fingerprint density at radius 3 is 2.53 bits per heavy atom. The SMILES string of the molecule is CC1(C)CSC(CCc2ccccc2)=N1. The summed E-state index contributed by atoms with van der Waals surface area (Å²) in [7, 11) is 0. The van der Waals surface area contributed by atoms with E-state index in [4.69, 9.17) is 4.99 Å². The van der Waals surface area contributed by atoms with Crippen LogP contribution in [-0.4, -0.2) is 16.3 Å². The Hall–Kier alpha value is -0.760. The molecule has 1 heterocycles. The molecule has 1 aromatic carbocycles. The van der Waals surface area contributed by atoms with E-state index in [2.05, 4.69) is 44.2 Å². The molecule has 0 atom stereocenters. The number of hydrogen-bond donors (Lipinski definition) is 0. The molecule has 0 aliphatic carbocycles. The molecule has 0 fully saturated rings. The molecule has 80 valence electrons. The summed E-state index contributed by atoms with van der Waals surface area (Å²) < 4.78 is 0. The highest BCUT2D eigenvalue weighted by Crippen LogP contribution is 2.28. The number of nitrogens with zero attached hydrogens (tertiary/aromatic N) is 1. The smallest absolute Gasteiger partial charge is 0.0687 e. The fourth-order valence-electron chi connectivity index (χ4n) is 1.69. The summed E-state index contributed by atoms with van der Waals surface area (Å²) in [5, 5.41) is 1.32. The second-order valence-electron chi connectivity index (χ2n) is 4.59. The fraction of sp³-hybridized carbons (Fsp3) is 0.462. The van der Waals surface area contributed by atoms with Crippen molar-refractivity contribution in [1.29, 1.82) is 0 Å². The molecular weight excluding hydrogens is 202 g/mol. The molecule has 0 radical (unpaired) electrons. The third-order valence-electron chi connectivity index (χ3n) is 2.49. The Morgan fingerprint density at radius 1 is 1.20 bits per heavy atom. The van der Waals surface area contributed by atoms with Crippen LogP contribution in [0.2, 0.25) is 0 Å². The van der Waals surface area contributed by atoms with Gasteiger partial charge in [0.25, 0.3) is 0 Å². The normalized spacial score (nSPS) is 18.9. The van der Waals surface area contributed by atoms with Crippen LogP contribution in [0, 0.1) is 0 Å². The van der Waals surface area contributed by atoms with Gasteiger partial charge in [-0.05, 0) is 32.3 Å². The lowest BCUT2D eigenvalue weighted by atomic mass is 10.1. The molecule has 2 heteroatoms. The summed E-state index contributed by atoms with van der Waals surface area (Å²) >= 11 is 1.92. The van der Waals surface area contributed by atoms with Crippen molar-refractivity contribution in [2.24, 2.45) is 4.99 Å². The molecule has 0 saturated carbocycles. The van der Waals surface area contributed by atoms with Gasteiger partial charge >= 0.3 is 0 Å². The maximum atomic E-state index is 4.72. The van der Waals surface area contributed by atoms with Crippen LogP contribution in [0.15, 0.2) is 35.3 Å². The second kappa shape index (κ2) is 4.40. The standard InChI is InChI=1S/C13H17NS/c1-13(2)10-15-12(14-13)9-8-11-6-4-3-5-7-11/h3-7H,8-10H2,1-2H3. The third-order valence-corrected chi connectivity index (χ3v) is 3.97. The highest BCUT2D eigenvalue weighted by atomic mass is 32.2. The van der Waals surface area contributed by atoms with Crippen LogP contribution in [0.25, 0.3) is 0 Å². The monoisotopic (exact) mass is 219 g/mol. The Labute approximate surface area is 96.0 Å². The molecular formula is C13H17NS. The first-order valence-corrected chi connectivity index (χ1v) is 6.40. The number of aliphatic imine (C=N–C) groups is 1. The van der Waals surface area contributed by atoms with Gasteiger partial charge in [0.2, 0.25) is 0 Å². The van der Waals surface area contributed by atoms with E-state index in [1.165, 1.54) is 10.6 Å². The molecule has 0 saturated heterocycles. The highest BCUT2D eigenvalue weighted by Gasteiger charge is 2.24. The van der Waals surface area contributed by atoms with E-state index < -0.39 is 0 Å². The van der Waals surface area contributed by atoms with Crippen molar-refractivity contribution in [3.63, 3.8) is 0 Å². The summed E-state index contributed by atoms with van der Waals surface area (Å²) in [5.74, 6) is 1.14. The van der Waals surface area contributed by atoms with Gasteiger partial charge in [-0.3, -0.25) is 4.99 Å². The van der Waals surface area contributed by atoms with Gasteiger partial charge in [-0.1, -0.05) is 30.3 Å². The van der Waals surface area contributed by atoms with Gasteiger partial charge in [0, 0.05) is 5.75 Å². The van der Waals surface area contributed by atoms with Crippen LogP contribution < -0.4 is 0 Å². The highest BCUT2D eigenvalue weighted by molar-refractivity contribution is 8.14. The summed E-state index contributed by atoms with van der Waals surface area (Å²) in [6, 6.07) is 10.6. The van der Waals surface area contributed by atoms with E-state index in [-0.39, 0.29) is 5.54 Å². The molecule has 1 aliphatic heterocycles. The van der Waals surface area contributed by atoms with Crippen molar-refractivity contribution in [3.8, 4) is 0 Å². The van der Waals surface area contributed by atoms with E-state index in [0.29, 0.717) is 0 Å². The minimum absolute atomic E-state index is 0.163. The molecule has 0 unspecified atom stereocenters. The van der Waals surface area contributed by atoms with Crippen LogP contribution in [-0.2, 0) is 6.42 Å². The Balaban J connectivity index is 1.90. The number of benzene rings is 1. The van der Waals surface area contributed by atoms with Crippen molar-refractivity contribution in [1.82, 2.24) is 0 Å². The lowest BCUT2D eigenvalue weighted by molar-refractivity contribution is 0.603. The number of hydrogen-bond acceptors (Lipinski definition) is 2. The second-order valence-corrected chi connectivity index (χ2v) is 5.64. The largest absolute Gasteiger partial charge is 0.276 e. The molecule has 0 bridgehead atoms. The quantitative estimate of drug-likeness (QED) is 0.757. The lowest BCUT2D eigenvalue weighted by Gasteiger charge is -2.09. The molecule has 0 spiro atoms. The number of aryl methyl sites for hydroxylation is 1. The van der Waals surface area contributed by atoms with Crippen LogP contribution in [0.1, 0.15) is 25.8 Å². The lowest BCUT2D eigenvalue weighted by Crippen LogP contribution is -2.15. The minimum Gasteiger partial charge on any atom is -0.276 e. The third kappa shape index (κ3) is 3.10. The molecule has 1 aromatic rings. The molecule has 15 heavy (non-hydrogen) atoms. The van der Waals surface area contributed by atoms with Crippen LogP contribution in [0.4, 0.5) is 0 Å². The minimum atomic E-state index is 0.163. The van der Waals surface area contributed by atoms with E-state index in [0.717, 1.165) is 18.6 Å². The van der Waals surface area contributed by atoms with E-state index in [1.807, 2.05) is 11.8 Å². The van der Waals surface area contributed by atoms with E-state index >= 15 is 0 Å². The molecule has 0 amide bonds. The first-order valence-electron chi connectivity index (χ1n) is 5.41. The molecule has 1 nitrogen and oxygen atoms in total. The van der Waals surface area contributed by atoms with Crippen molar-refractivity contribution in [2.45, 2.75) is 32.2 Å². The van der Waals surface area contributed by atoms with Gasteiger partial charge in [0.1, 0.15) is 0 Å². The van der Waals surface area contributed by atoms with Gasteiger partial charge in [-0.2, -0.15) is 0 Å². The predicted molar refractivity (Wildman–Crippen MR) is 68.7 cm³/mol. The van der Waals surface area contributed by atoms with E-state index in [1.54, 1.807) is 0 Å². The number of rotatable bonds is 3. The van der Waals surface area contributed by atoms with Crippen molar-refractivity contribution < 1.29 is 0 Å². The zero-order valence-corrected chi connectivity index (χ0v) is 10.2. The zero-order chi connectivity index (χ0) is 10.7. The van der Waals surface area contributed by atoms with Crippen molar-refractivity contribution >= 4 is 16.8 Å². The average molecular weight is 219 g/mol. The van der Waals surface area contributed by atoms with Gasteiger partial charge in [0.15, 0.2) is 0 Å². The van der Waals surface area contributed by atoms with Crippen molar-refractivity contribution in [2.75, 3.05) is 5.75 Å². The topological polar surface area (TPSA) is 12.4 Å². The first-order chi connectivity index (χ1) is 7.16. The number of thioether (sulfide) groups is 1. The average Bonchev–Trinajstić information content (AvgIpc) is 2.57. The maximum absolute atomic E-state index is 4.72. The Bertz CT molecular complexity index is 354.